The Hall–Kier alpha value is -1.96. The van der Waals surface area contributed by atoms with Crippen molar-refractivity contribution in [3.05, 3.63) is 64.9 Å². The van der Waals surface area contributed by atoms with Gasteiger partial charge in [-0.25, -0.2) is 12.8 Å². The lowest BCUT2D eigenvalue weighted by Crippen LogP contribution is -2.51. The van der Waals surface area contributed by atoms with E-state index in [1.807, 2.05) is 30.3 Å². The Morgan fingerprint density at radius 3 is 2.64 bits per heavy atom. The zero-order valence-corrected chi connectivity index (χ0v) is 17.1. The van der Waals surface area contributed by atoms with Crippen LogP contribution in [0.25, 0.3) is 0 Å². The molecule has 1 atom stereocenters. The van der Waals surface area contributed by atoms with Crippen molar-refractivity contribution in [2.45, 2.75) is 31.2 Å². The zero-order valence-electron chi connectivity index (χ0n) is 15.5. The summed E-state index contributed by atoms with van der Waals surface area (Å²) < 4.78 is 40.6. The Balaban J connectivity index is 1.74. The molecule has 1 saturated heterocycles. The molecule has 150 valence electrons. The fourth-order valence-corrected chi connectivity index (χ4v) is 5.24. The van der Waals surface area contributed by atoms with Gasteiger partial charge >= 0.3 is 0 Å². The van der Waals surface area contributed by atoms with Crippen LogP contribution >= 0.6 is 11.6 Å². The lowest BCUT2D eigenvalue weighted by atomic mass is 9.82. The molecule has 28 heavy (non-hydrogen) atoms. The first-order valence-corrected chi connectivity index (χ1v) is 10.8. The van der Waals surface area contributed by atoms with Gasteiger partial charge in [0.05, 0.1) is 15.3 Å². The van der Waals surface area contributed by atoms with Gasteiger partial charge in [-0.2, -0.15) is 4.31 Å². The highest BCUT2D eigenvalue weighted by atomic mass is 35.5. The van der Waals surface area contributed by atoms with Crippen molar-refractivity contribution in [1.29, 1.82) is 0 Å². The van der Waals surface area contributed by atoms with Gasteiger partial charge < -0.3 is 5.32 Å². The fraction of sp³-hybridized carbons (Fsp3) is 0.350. The summed E-state index contributed by atoms with van der Waals surface area (Å²) in [6.45, 7) is 2.52. The Morgan fingerprint density at radius 1 is 1.25 bits per heavy atom. The van der Waals surface area contributed by atoms with Gasteiger partial charge in [0.1, 0.15) is 5.82 Å². The molecule has 0 aromatic heterocycles. The van der Waals surface area contributed by atoms with Crippen molar-refractivity contribution in [2.24, 2.45) is 5.41 Å². The lowest BCUT2D eigenvalue weighted by molar-refractivity contribution is -0.132. The van der Waals surface area contributed by atoms with Gasteiger partial charge in [-0.1, -0.05) is 41.9 Å². The number of nitrogens with one attached hydrogen (secondary N) is 1. The Kier molecular flexibility index (Phi) is 6.07. The highest BCUT2D eigenvalue weighted by molar-refractivity contribution is 7.89. The van der Waals surface area contributed by atoms with Crippen molar-refractivity contribution in [3.63, 3.8) is 0 Å². The molecule has 1 N–H and O–H groups in total. The number of halogens is 2. The van der Waals surface area contributed by atoms with Gasteiger partial charge in [0.2, 0.25) is 15.9 Å². The largest absolute Gasteiger partial charge is 0.352 e. The van der Waals surface area contributed by atoms with E-state index >= 15 is 0 Å². The van der Waals surface area contributed by atoms with Gasteiger partial charge in [-0.15, -0.1) is 0 Å². The highest BCUT2D eigenvalue weighted by Gasteiger charge is 2.41. The van der Waals surface area contributed by atoms with Crippen LogP contribution in [0.2, 0.25) is 5.02 Å². The Labute approximate surface area is 169 Å². The third-order valence-electron chi connectivity index (χ3n) is 5.03. The maximum Gasteiger partial charge on any atom is 0.243 e. The van der Waals surface area contributed by atoms with Crippen LogP contribution in [0.3, 0.4) is 0 Å². The van der Waals surface area contributed by atoms with Crippen molar-refractivity contribution >= 4 is 27.5 Å². The van der Waals surface area contributed by atoms with Crippen LogP contribution in [0.1, 0.15) is 25.3 Å². The monoisotopic (exact) mass is 424 g/mol. The molecule has 2 aromatic rings. The van der Waals surface area contributed by atoms with E-state index in [-0.39, 0.29) is 22.4 Å². The van der Waals surface area contributed by atoms with Crippen LogP contribution in [0.4, 0.5) is 4.39 Å². The summed E-state index contributed by atoms with van der Waals surface area (Å²) in [6.07, 6.45) is 1.15. The van der Waals surface area contributed by atoms with E-state index in [0.717, 1.165) is 17.7 Å². The number of rotatable bonds is 5. The van der Waals surface area contributed by atoms with Crippen LogP contribution in [0.5, 0.6) is 0 Å². The van der Waals surface area contributed by atoms with E-state index < -0.39 is 21.3 Å². The fourth-order valence-electron chi connectivity index (χ4n) is 3.36. The summed E-state index contributed by atoms with van der Waals surface area (Å²) in [6, 6.07) is 12.9. The van der Waals surface area contributed by atoms with E-state index in [1.54, 1.807) is 6.92 Å². The molecule has 0 aliphatic carbocycles. The molecule has 0 radical (unpaired) electrons. The summed E-state index contributed by atoms with van der Waals surface area (Å²) in [7, 11) is -3.87. The number of benzene rings is 2. The van der Waals surface area contributed by atoms with Crippen LogP contribution < -0.4 is 5.32 Å². The number of nitrogens with zero attached hydrogens (tertiary/aromatic N) is 1. The number of carbonyl (C=O) groups is 1. The maximum absolute atomic E-state index is 13.4. The van der Waals surface area contributed by atoms with E-state index in [2.05, 4.69) is 5.32 Å². The van der Waals surface area contributed by atoms with Crippen LogP contribution in [-0.4, -0.2) is 31.7 Å². The molecule has 3 rings (SSSR count). The average Bonchev–Trinajstić information content (AvgIpc) is 2.69. The first-order chi connectivity index (χ1) is 13.2. The molecule has 1 heterocycles. The topological polar surface area (TPSA) is 66.5 Å². The molecule has 0 spiro atoms. The van der Waals surface area contributed by atoms with Gasteiger partial charge in [0.25, 0.3) is 0 Å². The number of amides is 1. The predicted octanol–water partition coefficient (Wildman–Crippen LogP) is 3.59. The molecule has 0 bridgehead atoms. The molecular weight excluding hydrogens is 403 g/mol. The van der Waals surface area contributed by atoms with Crippen LogP contribution in [-0.2, 0) is 21.4 Å². The first-order valence-electron chi connectivity index (χ1n) is 9.00. The van der Waals surface area contributed by atoms with E-state index in [9.17, 15) is 17.6 Å². The smallest absolute Gasteiger partial charge is 0.243 e. The summed E-state index contributed by atoms with van der Waals surface area (Å²) in [5.74, 6) is -0.863. The summed E-state index contributed by atoms with van der Waals surface area (Å²) in [4.78, 5) is 12.7. The lowest BCUT2D eigenvalue weighted by Gasteiger charge is -2.38. The molecule has 0 unspecified atom stereocenters. The van der Waals surface area contributed by atoms with Crippen LogP contribution in [0.15, 0.2) is 53.4 Å². The normalized spacial score (nSPS) is 20.7. The highest BCUT2D eigenvalue weighted by Crippen LogP contribution is 2.33. The molecule has 1 amide bonds. The second-order valence-electron chi connectivity index (χ2n) is 7.25. The second-order valence-corrected chi connectivity index (χ2v) is 9.59. The number of hydrogen-bond acceptors (Lipinski definition) is 3. The molecule has 1 aliphatic heterocycles. The molecule has 1 aliphatic rings. The van der Waals surface area contributed by atoms with Crippen molar-refractivity contribution in [1.82, 2.24) is 9.62 Å². The molecule has 2 aromatic carbocycles. The van der Waals surface area contributed by atoms with Crippen LogP contribution in [0, 0.1) is 11.2 Å². The third-order valence-corrected chi connectivity index (χ3v) is 7.17. The maximum atomic E-state index is 13.4. The molecular formula is C20H22ClFN2O3S. The standard InChI is InChI=1S/C20H22ClFN2O3S/c1-20(19(25)23-13-15-6-3-2-4-7-15)10-5-11-24(14-20)28(26,27)16-8-9-18(22)17(21)12-16/h2-4,6-9,12H,5,10-11,13-14H2,1H3,(H,23,25)/t20-/m0/s1. The zero-order chi connectivity index (χ0) is 20.4. The third kappa shape index (κ3) is 4.37. The first kappa shape index (κ1) is 20.8. The number of hydrogen-bond donors (Lipinski definition) is 1. The van der Waals surface area contributed by atoms with Gasteiger partial charge in [-0.3, -0.25) is 4.79 Å². The summed E-state index contributed by atoms with van der Waals surface area (Å²) in [5.41, 5.74) is 0.130. The van der Waals surface area contributed by atoms with Crippen molar-refractivity contribution in [2.75, 3.05) is 13.1 Å². The molecule has 0 saturated carbocycles. The summed E-state index contributed by atoms with van der Waals surface area (Å²) >= 11 is 5.74. The number of sulfonamides is 1. The van der Waals surface area contributed by atoms with E-state index in [0.29, 0.717) is 25.9 Å². The number of carbonyl (C=O) groups excluding carboxylic acids is 1. The summed E-state index contributed by atoms with van der Waals surface area (Å²) in [5, 5.41) is 2.66. The Bertz CT molecular complexity index is 969. The minimum absolute atomic E-state index is 0.0605. The predicted molar refractivity (Wildman–Crippen MR) is 106 cm³/mol. The molecule has 5 nitrogen and oxygen atoms in total. The average molecular weight is 425 g/mol. The van der Waals surface area contributed by atoms with Gasteiger partial charge in [-0.05, 0) is 43.5 Å². The molecule has 8 heteroatoms. The van der Waals surface area contributed by atoms with E-state index in [1.165, 1.54) is 10.4 Å². The molecule has 1 fully saturated rings. The van der Waals surface area contributed by atoms with Crippen molar-refractivity contribution in [3.8, 4) is 0 Å². The SMILES string of the molecule is C[C@]1(C(=O)NCc2ccccc2)CCCN(S(=O)(=O)c2ccc(F)c(Cl)c2)C1. The minimum Gasteiger partial charge on any atom is -0.352 e. The second kappa shape index (κ2) is 8.19. The van der Waals surface area contributed by atoms with E-state index in [4.69, 9.17) is 11.6 Å². The van der Waals surface area contributed by atoms with Crippen molar-refractivity contribution < 1.29 is 17.6 Å². The van der Waals surface area contributed by atoms with Gasteiger partial charge in [0.15, 0.2) is 0 Å². The Morgan fingerprint density at radius 2 is 1.96 bits per heavy atom. The number of piperidine rings is 1. The van der Waals surface area contributed by atoms with Gasteiger partial charge in [0, 0.05) is 19.6 Å². The quantitative estimate of drug-likeness (QED) is 0.797. The minimum atomic E-state index is -3.87.